The van der Waals surface area contributed by atoms with Crippen LogP contribution in [0.4, 0.5) is 0 Å². The summed E-state index contributed by atoms with van der Waals surface area (Å²) in [6.07, 6.45) is 9.27. The van der Waals surface area contributed by atoms with Crippen LogP contribution >= 0.6 is 11.6 Å². The van der Waals surface area contributed by atoms with Gasteiger partial charge in [-0.15, -0.1) is 0 Å². The summed E-state index contributed by atoms with van der Waals surface area (Å²) in [7, 11) is 0. The first-order valence-corrected chi connectivity index (χ1v) is 7.65. The van der Waals surface area contributed by atoms with E-state index in [1.165, 1.54) is 31.9 Å². The van der Waals surface area contributed by atoms with Gasteiger partial charge in [-0.2, -0.15) is 0 Å². The van der Waals surface area contributed by atoms with Crippen LogP contribution in [-0.2, 0) is 4.74 Å². The Kier molecular flexibility index (Phi) is 6.27. The van der Waals surface area contributed by atoms with Crippen LogP contribution in [0.2, 0.25) is 5.02 Å². The number of hydrogen-bond donors (Lipinski definition) is 1. The smallest absolute Gasteiger partial charge is 0.269 e. The summed E-state index contributed by atoms with van der Waals surface area (Å²) < 4.78 is 5.81. The summed E-state index contributed by atoms with van der Waals surface area (Å²) in [5, 5.41) is 3.33. The number of nitrogens with one attached hydrogen (secondary N) is 1. The van der Waals surface area contributed by atoms with E-state index in [1.54, 1.807) is 12.1 Å². The van der Waals surface area contributed by atoms with Gasteiger partial charge in [-0.05, 0) is 25.0 Å². The van der Waals surface area contributed by atoms with Crippen molar-refractivity contribution in [2.24, 2.45) is 0 Å². The Morgan fingerprint density at radius 2 is 2.05 bits per heavy atom. The van der Waals surface area contributed by atoms with Gasteiger partial charge in [0, 0.05) is 12.7 Å². The third kappa shape index (κ3) is 5.10. The number of hydrogen-bond acceptors (Lipinski definition) is 3. The largest absolute Gasteiger partial charge is 0.376 e. The molecule has 0 spiro atoms. The molecule has 1 saturated carbocycles. The number of pyridine rings is 1. The van der Waals surface area contributed by atoms with Crippen LogP contribution in [0.15, 0.2) is 18.3 Å². The van der Waals surface area contributed by atoms with E-state index in [1.807, 2.05) is 0 Å². The molecule has 20 heavy (non-hydrogen) atoms. The summed E-state index contributed by atoms with van der Waals surface area (Å²) in [6.45, 7) is 1.07. The van der Waals surface area contributed by atoms with Gasteiger partial charge in [-0.3, -0.25) is 4.79 Å². The Hall–Kier alpha value is -1.13. The van der Waals surface area contributed by atoms with Crippen LogP contribution in [0.5, 0.6) is 0 Å². The van der Waals surface area contributed by atoms with Crippen LogP contribution in [-0.4, -0.2) is 30.1 Å². The molecule has 110 valence electrons. The number of ether oxygens (including phenoxy) is 1. The lowest BCUT2D eigenvalue weighted by atomic mass is 10.1. The minimum absolute atomic E-state index is 0.189. The molecule has 0 radical (unpaired) electrons. The Balaban J connectivity index is 1.65. The lowest BCUT2D eigenvalue weighted by Crippen LogP contribution is -2.29. The number of amides is 1. The number of nitrogens with zero attached hydrogens (tertiary/aromatic N) is 1. The molecule has 1 N–H and O–H groups in total. The second-order valence-corrected chi connectivity index (χ2v) is 5.54. The summed E-state index contributed by atoms with van der Waals surface area (Å²) in [4.78, 5) is 15.8. The zero-order valence-electron chi connectivity index (χ0n) is 11.6. The predicted molar refractivity (Wildman–Crippen MR) is 79.0 cm³/mol. The Morgan fingerprint density at radius 3 is 2.70 bits per heavy atom. The maximum atomic E-state index is 11.8. The van der Waals surface area contributed by atoms with Crippen LogP contribution < -0.4 is 5.32 Å². The van der Waals surface area contributed by atoms with E-state index >= 15 is 0 Å². The van der Waals surface area contributed by atoms with E-state index in [-0.39, 0.29) is 5.91 Å². The average molecular weight is 297 g/mol. The first kappa shape index (κ1) is 15.3. The van der Waals surface area contributed by atoms with Gasteiger partial charge in [0.2, 0.25) is 0 Å². The topological polar surface area (TPSA) is 51.2 Å². The molecule has 1 aromatic heterocycles. The summed E-state index contributed by atoms with van der Waals surface area (Å²) in [6, 6.07) is 3.27. The lowest BCUT2D eigenvalue weighted by molar-refractivity contribution is 0.0441. The van der Waals surface area contributed by atoms with Gasteiger partial charge in [-0.1, -0.05) is 37.3 Å². The molecule has 1 amide bonds. The van der Waals surface area contributed by atoms with Crippen molar-refractivity contribution < 1.29 is 9.53 Å². The Morgan fingerprint density at radius 1 is 1.30 bits per heavy atom. The van der Waals surface area contributed by atoms with E-state index in [9.17, 15) is 4.79 Å². The minimum Gasteiger partial charge on any atom is -0.376 e. The maximum Gasteiger partial charge on any atom is 0.269 e. The normalized spacial score (nSPS) is 16.6. The summed E-state index contributed by atoms with van der Waals surface area (Å²) in [5.74, 6) is -0.189. The molecule has 1 aliphatic rings. The van der Waals surface area contributed by atoms with Gasteiger partial charge < -0.3 is 10.1 Å². The van der Waals surface area contributed by atoms with Crippen molar-refractivity contribution in [1.29, 1.82) is 0 Å². The van der Waals surface area contributed by atoms with Crippen molar-refractivity contribution in [1.82, 2.24) is 10.3 Å². The highest BCUT2D eigenvalue weighted by molar-refractivity contribution is 6.30. The summed E-state index contributed by atoms with van der Waals surface area (Å²) >= 11 is 5.73. The number of carbonyl (C=O) groups is 1. The molecule has 1 heterocycles. The highest BCUT2D eigenvalue weighted by Crippen LogP contribution is 2.19. The van der Waals surface area contributed by atoms with Crippen molar-refractivity contribution in [3.8, 4) is 0 Å². The van der Waals surface area contributed by atoms with Crippen LogP contribution in [0.1, 0.15) is 49.0 Å². The highest BCUT2D eigenvalue weighted by atomic mass is 35.5. The third-order valence-electron chi connectivity index (χ3n) is 3.50. The fourth-order valence-corrected chi connectivity index (χ4v) is 2.51. The first-order chi connectivity index (χ1) is 9.75. The third-order valence-corrected chi connectivity index (χ3v) is 3.73. The number of halogens is 1. The average Bonchev–Trinajstić information content (AvgIpc) is 2.73. The Labute approximate surface area is 124 Å². The van der Waals surface area contributed by atoms with Gasteiger partial charge in [0.15, 0.2) is 0 Å². The predicted octanol–water partition coefficient (Wildman–Crippen LogP) is 3.20. The molecule has 0 aromatic carbocycles. The lowest BCUT2D eigenvalue weighted by Gasteiger charge is -2.15. The second kappa shape index (κ2) is 8.22. The van der Waals surface area contributed by atoms with Crippen molar-refractivity contribution >= 4 is 17.5 Å². The fraction of sp³-hybridized carbons (Fsp3) is 0.600. The molecule has 1 fully saturated rings. The number of aromatic nitrogens is 1. The monoisotopic (exact) mass is 296 g/mol. The van der Waals surface area contributed by atoms with E-state index < -0.39 is 0 Å². The van der Waals surface area contributed by atoms with Crippen molar-refractivity contribution in [3.63, 3.8) is 0 Å². The molecule has 2 rings (SSSR count). The fourth-order valence-electron chi connectivity index (χ4n) is 2.40. The molecule has 0 saturated heterocycles. The van der Waals surface area contributed by atoms with Crippen LogP contribution in [0.3, 0.4) is 0 Å². The second-order valence-electron chi connectivity index (χ2n) is 5.10. The highest BCUT2D eigenvalue weighted by Gasteiger charge is 2.12. The minimum atomic E-state index is -0.189. The van der Waals surface area contributed by atoms with Crippen molar-refractivity contribution in [2.45, 2.75) is 44.6 Å². The molecular formula is C15H21ClN2O2. The van der Waals surface area contributed by atoms with E-state index in [0.717, 1.165) is 12.8 Å². The molecule has 4 nitrogen and oxygen atoms in total. The maximum absolute atomic E-state index is 11.8. The number of carbonyl (C=O) groups excluding carboxylic acids is 1. The molecule has 0 aliphatic heterocycles. The van der Waals surface area contributed by atoms with Gasteiger partial charge in [0.1, 0.15) is 5.69 Å². The molecule has 1 aliphatic carbocycles. The first-order valence-electron chi connectivity index (χ1n) is 7.27. The summed E-state index contributed by atoms with van der Waals surface area (Å²) in [5.41, 5.74) is 0.379. The van der Waals surface area contributed by atoms with E-state index in [0.29, 0.717) is 30.0 Å². The Bertz CT molecular complexity index is 414. The molecule has 0 bridgehead atoms. The standard InChI is InChI=1S/C15H21ClN2O2/c16-12-7-8-14(18-11-12)15(19)17-9-10-20-13-5-3-1-2-4-6-13/h7-8,11,13H,1-6,9-10H2,(H,17,19). The van der Waals surface area contributed by atoms with E-state index in [2.05, 4.69) is 10.3 Å². The van der Waals surface area contributed by atoms with E-state index in [4.69, 9.17) is 16.3 Å². The molecular weight excluding hydrogens is 276 g/mol. The van der Waals surface area contributed by atoms with Crippen molar-refractivity contribution in [3.05, 3.63) is 29.0 Å². The zero-order chi connectivity index (χ0) is 14.2. The van der Waals surface area contributed by atoms with Crippen LogP contribution in [0, 0.1) is 0 Å². The molecule has 0 atom stereocenters. The zero-order valence-corrected chi connectivity index (χ0v) is 12.4. The van der Waals surface area contributed by atoms with Gasteiger partial charge >= 0.3 is 0 Å². The number of rotatable bonds is 5. The van der Waals surface area contributed by atoms with Crippen molar-refractivity contribution in [2.75, 3.05) is 13.2 Å². The quantitative estimate of drug-likeness (QED) is 0.670. The molecule has 5 heteroatoms. The molecule has 1 aromatic rings. The van der Waals surface area contributed by atoms with Crippen LogP contribution in [0.25, 0.3) is 0 Å². The van der Waals surface area contributed by atoms with Gasteiger partial charge in [0.05, 0.1) is 17.7 Å². The SMILES string of the molecule is O=C(NCCOC1CCCCCC1)c1ccc(Cl)cn1. The van der Waals surface area contributed by atoms with Gasteiger partial charge in [0.25, 0.3) is 5.91 Å². The van der Waals surface area contributed by atoms with Gasteiger partial charge in [-0.25, -0.2) is 4.98 Å². The molecule has 0 unspecified atom stereocenters.